The zero-order valence-electron chi connectivity index (χ0n) is 15.5. The molecule has 140 valence electrons. The number of esters is 2. The number of rotatable bonds is 9. The molecule has 0 saturated carbocycles. The fourth-order valence-electron chi connectivity index (χ4n) is 2.41. The van der Waals surface area contributed by atoms with Gasteiger partial charge in [0.15, 0.2) is 0 Å². The second-order valence-corrected chi connectivity index (χ2v) is 12.8. The highest BCUT2D eigenvalue weighted by molar-refractivity contribution is 6.76. The molecule has 0 spiro atoms. The number of ether oxygens (including phenoxy) is 2. The van der Waals surface area contributed by atoms with E-state index in [-0.39, 0.29) is 25.0 Å². The van der Waals surface area contributed by atoms with Crippen LogP contribution >= 0.6 is 0 Å². The van der Waals surface area contributed by atoms with Gasteiger partial charge in [0.2, 0.25) is 0 Å². The van der Waals surface area contributed by atoms with Gasteiger partial charge in [-0.1, -0.05) is 19.6 Å². The SMILES string of the molecule is COC(=O)CCc1c(C(=O)O)[nH]c(C)c1CC(=O)OCC[Si](C)(C)C. The second kappa shape index (κ2) is 8.84. The minimum absolute atomic E-state index is 0.00584. The van der Waals surface area contributed by atoms with Crippen molar-refractivity contribution >= 4 is 26.0 Å². The van der Waals surface area contributed by atoms with E-state index in [9.17, 15) is 19.5 Å². The summed E-state index contributed by atoms with van der Waals surface area (Å²) in [6, 6.07) is 0.875. The molecule has 0 bridgehead atoms. The van der Waals surface area contributed by atoms with Crippen molar-refractivity contribution < 1.29 is 29.0 Å². The van der Waals surface area contributed by atoms with E-state index in [1.807, 2.05) is 0 Å². The van der Waals surface area contributed by atoms with Gasteiger partial charge in [0, 0.05) is 20.2 Å². The van der Waals surface area contributed by atoms with E-state index in [1.165, 1.54) is 7.11 Å². The Balaban J connectivity index is 2.88. The lowest BCUT2D eigenvalue weighted by molar-refractivity contribution is -0.142. The molecule has 0 radical (unpaired) electrons. The lowest BCUT2D eigenvalue weighted by Gasteiger charge is -2.15. The van der Waals surface area contributed by atoms with Crippen LogP contribution in [0.25, 0.3) is 0 Å². The predicted octanol–water partition coefficient (Wildman–Crippen LogP) is 2.55. The zero-order chi connectivity index (χ0) is 19.2. The van der Waals surface area contributed by atoms with E-state index in [4.69, 9.17) is 4.74 Å². The maximum atomic E-state index is 12.1. The summed E-state index contributed by atoms with van der Waals surface area (Å²) >= 11 is 0. The fraction of sp³-hybridized carbons (Fsp3) is 0.588. The molecule has 1 aromatic rings. The number of carboxylic acids is 1. The molecular weight excluding hydrogens is 342 g/mol. The van der Waals surface area contributed by atoms with Crippen molar-refractivity contribution in [2.24, 2.45) is 0 Å². The average molecular weight is 369 g/mol. The molecule has 0 aromatic carbocycles. The largest absolute Gasteiger partial charge is 0.477 e. The highest BCUT2D eigenvalue weighted by Gasteiger charge is 2.23. The first-order chi connectivity index (χ1) is 11.5. The molecular formula is C17H27NO6Si. The normalized spacial score (nSPS) is 11.2. The molecule has 0 aliphatic heterocycles. The number of methoxy groups -OCH3 is 1. The van der Waals surface area contributed by atoms with Crippen LogP contribution in [0.1, 0.15) is 33.7 Å². The number of carbonyl (C=O) groups excluding carboxylic acids is 2. The quantitative estimate of drug-likeness (QED) is 0.512. The highest BCUT2D eigenvalue weighted by atomic mass is 28.3. The lowest BCUT2D eigenvalue weighted by atomic mass is 10.0. The van der Waals surface area contributed by atoms with Gasteiger partial charge in [0.25, 0.3) is 0 Å². The summed E-state index contributed by atoms with van der Waals surface area (Å²) < 4.78 is 9.89. The van der Waals surface area contributed by atoms with Gasteiger partial charge in [-0.05, 0) is 30.5 Å². The van der Waals surface area contributed by atoms with Crippen LogP contribution in [0.5, 0.6) is 0 Å². The van der Waals surface area contributed by atoms with Crippen molar-refractivity contribution in [3.05, 3.63) is 22.5 Å². The molecule has 8 heteroatoms. The van der Waals surface area contributed by atoms with Crippen molar-refractivity contribution in [2.75, 3.05) is 13.7 Å². The van der Waals surface area contributed by atoms with Crippen molar-refractivity contribution in [1.82, 2.24) is 4.98 Å². The van der Waals surface area contributed by atoms with Crippen molar-refractivity contribution in [2.45, 2.75) is 51.9 Å². The number of aryl methyl sites for hydroxylation is 1. The molecule has 1 aromatic heterocycles. The molecule has 0 fully saturated rings. The van der Waals surface area contributed by atoms with Crippen LogP contribution in [-0.4, -0.2) is 49.8 Å². The van der Waals surface area contributed by atoms with Gasteiger partial charge in [-0.25, -0.2) is 4.79 Å². The Kier molecular flexibility index (Phi) is 7.41. The maximum absolute atomic E-state index is 12.1. The van der Waals surface area contributed by atoms with E-state index in [0.29, 0.717) is 23.4 Å². The van der Waals surface area contributed by atoms with Crippen molar-refractivity contribution in [1.29, 1.82) is 0 Å². The number of aromatic carboxylic acids is 1. The van der Waals surface area contributed by atoms with Crippen LogP contribution in [-0.2, 0) is 31.9 Å². The first kappa shape index (κ1) is 21.0. The summed E-state index contributed by atoms with van der Waals surface area (Å²) in [4.78, 5) is 37.7. The molecule has 1 heterocycles. The van der Waals surface area contributed by atoms with E-state index in [2.05, 4.69) is 29.4 Å². The van der Waals surface area contributed by atoms with Gasteiger partial charge >= 0.3 is 17.9 Å². The number of carbonyl (C=O) groups is 3. The number of nitrogens with one attached hydrogen (secondary N) is 1. The average Bonchev–Trinajstić information content (AvgIpc) is 2.80. The smallest absolute Gasteiger partial charge is 0.352 e. The highest BCUT2D eigenvalue weighted by Crippen LogP contribution is 2.22. The summed E-state index contributed by atoms with van der Waals surface area (Å²) in [5, 5.41) is 9.33. The molecule has 7 nitrogen and oxygen atoms in total. The van der Waals surface area contributed by atoms with E-state index in [1.54, 1.807) is 6.92 Å². The van der Waals surface area contributed by atoms with Crippen LogP contribution in [0.15, 0.2) is 0 Å². The third kappa shape index (κ3) is 6.73. The Morgan fingerprint density at radius 3 is 2.28 bits per heavy atom. The molecule has 25 heavy (non-hydrogen) atoms. The van der Waals surface area contributed by atoms with Crippen LogP contribution in [0.3, 0.4) is 0 Å². The van der Waals surface area contributed by atoms with Gasteiger partial charge in [-0.2, -0.15) is 0 Å². The Bertz CT molecular complexity index is 644. The Morgan fingerprint density at radius 1 is 1.12 bits per heavy atom. The molecule has 0 aliphatic rings. The van der Waals surface area contributed by atoms with E-state index >= 15 is 0 Å². The first-order valence-electron chi connectivity index (χ1n) is 8.21. The van der Waals surface area contributed by atoms with Crippen LogP contribution in [0.4, 0.5) is 0 Å². The zero-order valence-corrected chi connectivity index (χ0v) is 16.5. The monoisotopic (exact) mass is 369 g/mol. The van der Waals surface area contributed by atoms with Crippen LogP contribution in [0, 0.1) is 6.92 Å². The molecule has 0 aliphatic carbocycles. The Morgan fingerprint density at radius 2 is 1.76 bits per heavy atom. The molecule has 0 atom stereocenters. The van der Waals surface area contributed by atoms with Gasteiger partial charge in [-0.3, -0.25) is 9.59 Å². The minimum Gasteiger partial charge on any atom is -0.477 e. The molecule has 0 saturated heterocycles. The Labute approximate surface area is 148 Å². The number of hydrogen-bond acceptors (Lipinski definition) is 5. The summed E-state index contributed by atoms with van der Waals surface area (Å²) in [5.41, 5.74) is 1.64. The third-order valence-electron chi connectivity index (χ3n) is 3.89. The standard InChI is InChI=1S/C17H27NO6Si/c1-11-13(10-15(20)24-8-9-25(3,4)5)12(6-7-14(19)23-2)16(18-11)17(21)22/h18H,6-10H2,1-5H3,(H,21,22). The van der Waals surface area contributed by atoms with Gasteiger partial charge in [0.1, 0.15) is 5.69 Å². The van der Waals surface area contributed by atoms with E-state index < -0.39 is 26.0 Å². The fourth-order valence-corrected chi connectivity index (χ4v) is 3.12. The lowest BCUT2D eigenvalue weighted by Crippen LogP contribution is -2.23. The van der Waals surface area contributed by atoms with Gasteiger partial charge < -0.3 is 19.6 Å². The number of aromatic nitrogens is 1. The number of H-pyrrole nitrogens is 1. The maximum Gasteiger partial charge on any atom is 0.352 e. The van der Waals surface area contributed by atoms with Crippen LogP contribution < -0.4 is 0 Å². The molecule has 2 N–H and O–H groups in total. The topological polar surface area (TPSA) is 106 Å². The first-order valence-corrected chi connectivity index (χ1v) is 11.9. The van der Waals surface area contributed by atoms with Crippen molar-refractivity contribution in [3.63, 3.8) is 0 Å². The number of hydrogen-bond donors (Lipinski definition) is 2. The van der Waals surface area contributed by atoms with Gasteiger partial charge in [0.05, 0.1) is 20.1 Å². The minimum atomic E-state index is -1.29. The van der Waals surface area contributed by atoms with Gasteiger partial charge in [-0.15, -0.1) is 0 Å². The summed E-state index contributed by atoms with van der Waals surface area (Å²) in [7, 11) is -0.0133. The van der Waals surface area contributed by atoms with Crippen LogP contribution in [0.2, 0.25) is 25.7 Å². The summed E-state index contributed by atoms with van der Waals surface area (Å²) in [6.45, 7) is 8.67. The molecule has 1 rings (SSSR count). The molecule has 0 amide bonds. The second-order valence-electron chi connectivity index (χ2n) is 7.17. The number of aromatic amines is 1. The molecule has 0 unspecified atom stereocenters. The predicted molar refractivity (Wildman–Crippen MR) is 95.6 cm³/mol. The number of carboxylic acid groups (broad SMARTS) is 1. The summed E-state index contributed by atoms with van der Waals surface area (Å²) in [6.07, 6.45) is 0.222. The third-order valence-corrected chi connectivity index (χ3v) is 5.59. The van der Waals surface area contributed by atoms with Crippen molar-refractivity contribution in [3.8, 4) is 0 Å². The summed E-state index contributed by atoms with van der Waals surface area (Å²) in [5.74, 6) is -1.95. The Hall–Kier alpha value is -2.09. The van der Waals surface area contributed by atoms with E-state index in [0.717, 1.165) is 6.04 Å².